The summed E-state index contributed by atoms with van der Waals surface area (Å²) in [5.41, 5.74) is 2.28. The third-order valence-corrected chi connectivity index (χ3v) is 3.09. The number of carbonyl (C=O) groups excluding carboxylic acids is 1. The summed E-state index contributed by atoms with van der Waals surface area (Å²) in [5, 5.41) is 13.3. The summed E-state index contributed by atoms with van der Waals surface area (Å²) in [7, 11) is 0. The molecule has 0 spiro atoms. The van der Waals surface area contributed by atoms with Crippen molar-refractivity contribution in [2.24, 2.45) is 0 Å². The predicted octanol–water partition coefficient (Wildman–Crippen LogP) is 0.932. The molecule has 2 N–H and O–H groups in total. The predicted molar refractivity (Wildman–Crippen MR) is 63.9 cm³/mol. The van der Waals surface area contributed by atoms with Gasteiger partial charge in [0.25, 0.3) is 5.91 Å². The number of hydrogen-bond donors (Lipinski definition) is 2. The SMILES string of the molecule is Cc1[nH]ncc1CCCNC(=O)c1cnns1. The average molecular weight is 251 g/mol. The van der Waals surface area contributed by atoms with E-state index in [1.807, 2.05) is 13.1 Å². The largest absolute Gasteiger partial charge is 0.351 e. The van der Waals surface area contributed by atoms with E-state index in [9.17, 15) is 4.79 Å². The smallest absolute Gasteiger partial charge is 0.264 e. The van der Waals surface area contributed by atoms with E-state index < -0.39 is 0 Å². The molecule has 2 aromatic rings. The van der Waals surface area contributed by atoms with Gasteiger partial charge in [-0.05, 0) is 36.9 Å². The number of aromatic nitrogens is 4. The fourth-order valence-corrected chi connectivity index (χ4v) is 1.89. The summed E-state index contributed by atoms with van der Waals surface area (Å²) < 4.78 is 3.64. The molecule has 0 aliphatic carbocycles. The van der Waals surface area contributed by atoms with Crippen molar-refractivity contribution in [2.75, 3.05) is 6.54 Å². The van der Waals surface area contributed by atoms with E-state index in [0.29, 0.717) is 11.4 Å². The zero-order chi connectivity index (χ0) is 12.1. The monoisotopic (exact) mass is 251 g/mol. The first-order valence-corrected chi connectivity index (χ1v) is 6.09. The minimum atomic E-state index is -0.107. The summed E-state index contributed by atoms with van der Waals surface area (Å²) in [4.78, 5) is 12.1. The van der Waals surface area contributed by atoms with Crippen LogP contribution in [0.4, 0.5) is 0 Å². The van der Waals surface area contributed by atoms with Crippen LogP contribution in [0.1, 0.15) is 27.3 Å². The van der Waals surface area contributed by atoms with Crippen LogP contribution in [-0.2, 0) is 6.42 Å². The number of rotatable bonds is 5. The molecule has 0 aliphatic heterocycles. The van der Waals surface area contributed by atoms with E-state index in [0.717, 1.165) is 30.1 Å². The number of nitrogens with one attached hydrogen (secondary N) is 2. The molecular formula is C10H13N5OS. The molecule has 0 radical (unpaired) electrons. The van der Waals surface area contributed by atoms with E-state index in [4.69, 9.17) is 0 Å². The second-order valence-corrected chi connectivity index (χ2v) is 4.45. The van der Waals surface area contributed by atoms with Gasteiger partial charge in [0, 0.05) is 12.2 Å². The van der Waals surface area contributed by atoms with Crippen molar-refractivity contribution < 1.29 is 4.79 Å². The van der Waals surface area contributed by atoms with E-state index in [1.165, 1.54) is 11.8 Å². The molecule has 0 atom stereocenters. The third kappa shape index (κ3) is 3.10. The highest BCUT2D eigenvalue weighted by molar-refractivity contribution is 7.07. The Morgan fingerprint density at radius 3 is 3.06 bits per heavy atom. The molecule has 17 heavy (non-hydrogen) atoms. The van der Waals surface area contributed by atoms with Crippen LogP contribution in [0, 0.1) is 6.92 Å². The maximum absolute atomic E-state index is 11.5. The highest BCUT2D eigenvalue weighted by atomic mass is 32.1. The van der Waals surface area contributed by atoms with Gasteiger partial charge in [-0.2, -0.15) is 5.10 Å². The molecular weight excluding hydrogens is 238 g/mol. The van der Waals surface area contributed by atoms with Crippen LogP contribution in [0.15, 0.2) is 12.4 Å². The molecule has 0 bridgehead atoms. The molecule has 0 unspecified atom stereocenters. The van der Waals surface area contributed by atoms with E-state index >= 15 is 0 Å². The van der Waals surface area contributed by atoms with Gasteiger partial charge in [0.15, 0.2) is 0 Å². The molecule has 0 saturated carbocycles. The molecule has 6 nitrogen and oxygen atoms in total. The maximum Gasteiger partial charge on any atom is 0.264 e. The van der Waals surface area contributed by atoms with Gasteiger partial charge in [0.1, 0.15) is 4.88 Å². The van der Waals surface area contributed by atoms with Gasteiger partial charge < -0.3 is 5.32 Å². The first-order chi connectivity index (χ1) is 8.27. The van der Waals surface area contributed by atoms with Gasteiger partial charge in [-0.3, -0.25) is 9.89 Å². The van der Waals surface area contributed by atoms with Crippen molar-refractivity contribution in [3.8, 4) is 0 Å². The number of nitrogens with zero attached hydrogens (tertiary/aromatic N) is 3. The van der Waals surface area contributed by atoms with Gasteiger partial charge in [-0.1, -0.05) is 4.49 Å². The Labute approximate surface area is 103 Å². The lowest BCUT2D eigenvalue weighted by molar-refractivity contribution is 0.0957. The number of H-pyrrole nitrogens is 1. The van der Waals surface area contributed by atoms with Crippen molar-refractivity contribution in [3.05, 3.63) is 28.5 Å². The third-order valence-electron chi connectivity index (χ3n) is 2.43. The fourth-order valence-electron chi connectivity index (χ4n) is 1.46. The lowest BCUT2D eigenvalue weighted by atomic mass is 10.1. The second kappa shape index (κ2) is 5.53. The Morgan fingerprint density at radius 1 is 1.53 bits per heavy atom. The summed E-state index contributed by atoms with van der Waals surface area (Å²) in [6, 6.07) is 0. The molecule has 2 heterocycles. The summed E-state index contributed by atoms with van der Waals surface area (Å²) >= 11 is 1.10. The van der Waals surface area contributed by atoms with Crippen LogP contribution < -0.4 is 5.32 Å². The van der Waals surface area contributed by atoms with Crippen LogP contribution >= 0.6 is 11.5 Å². The highest BCUT2D eigenvalue weighted by Crippen LogP contribution is 2.05. The van der Waals surface area contributed by atoms with Crippen LogP contribution in [0.5, 0.6) is 0 Å². The molecule has 1 amide bonds. The van der Waals surface area contributed by atoms with E-state index in [1.54, 1.807) is 0 Å². The van der Waals surface area contributed by atoms with Gasteiger partial charge >= 0.3 is 0 Å². The lowest BCUT2D eigenvalue weighted by Gasteiger charge is -2.02. The van der Waals surface area contributed by atoms with E-state index in [2.05, 4.69) is 25.1 Å². The zero-order valence-electron chi connectivity index (χ0n) is 9.43. The minimum absolute atomic E-state index is 0.107. The second-order valence-electron chi connectivity index (χ2n) is 3.66. The van der Waals surface area contributed by atoms with Gasteiger partial charge in [0.2, 0.25) is 0 Å². The molecule has 0 fully saturated rings. The van der Waals surface area contributed by atoms with Gasteiger partial charge in [0.05, 0.1) is 12.4 Å². The topological polar surface area (TPSA) is 83.6 Å². The standard InChI is InChI=1S/C10H13N5OS/c1-7-8(5-12-14-7)3-2-4-11-10(16)9-6-13-15-17-9/h5-6H,2-4H2,1H3,(H,11,16)(H,12,14). The fraction of sp³-hybridized carbons (Fsp3) is 0.400. The minimum Gasteiger partial charge on any atom is -0.351 e. The summed E-state index contributed by atoms with van der Waals surface area (Å²) in [6.07, 6.45) is 5.09. The first kappa shape index (κ1) is 11.7. The molecule has 0 aromatic carbocycles. The van der Waals surface area contributed by atoms with Crippen molar-refractivity contribution >= 4 is 17.4 Å². The average Bonchev–Trinajstić information content (AvgIpc) is 2.96. The molecule has 90 valence electrons. The number of carbonyl (C=O) groups is 1. The Balaban J connectivity index is 1.70. The number of hydrogen-bond acceptors (Lipinski definition) is 5. The van der Waals surface area contributed by atoms with Crippen molar-refractivity contribution in [1.29, 1.82) is 0 Å². The summed E-state index contributed by atoms with van der Waals surface area (Å²) in [6.45, 7) is 2.63. The van der Waals surface area contributed by atoms with Crippen molar-refractivity contribution in [3.63, 3.8) is 0 Å². The zero-order valence-corrected chi connectivity index (χ0v) is 10.3. The van der Waals surface area contributed by atoms with Crippen LogP contribution in [0.25, 0.3) is 0 Å². The summed E-state index contributed by atoms with van der Waals surface area (Å²) in [5.74, 6) is -0.107. The Bertz CT molecular complexity index is 479. The van der Waals surface area contributed by atoms with Crippen molar-refractivity contribution in [1.82, 2.24) is 25.1 Å². The molecule has 0 saturated heterocycles. The highest BCUT2D eigenvalue weighted by Gasteiger charge is 2.07. The first-order valence-electron chi connectivity index (χ1n) is 5.32. The molecule has 2 rings (SSSR count). The molecule has 0 aliphatic rings. The van der Waals surface area contributed by atoms with E-state index in [-0.39, 0.29) is 5.91 Å². The van der Waals surface area contributed by atoms with Crippen LogP contribution in [0.3, 0.4) is 0 Å². The van der Waals surface area contributed by atoms with Crippen LogP contribution in [-0.4, -0.2) is 32.2 Å². The molecule has 2 aromatic heterocycles. The Kier molecular flexibility index (Phi) is 3.81. The van der Waals surface area contributed by atoms with Gasteiger partial charge in [-0.15, -0.1) is 5.10 Å². The van der Waals surface area contributed by atoms with Crippen LogP contribution in [0.2, 0.25) is 0 Å². The number of aryl methyl sites for hydroxylation is 2. The Hall–Kier alpha value is -1.76. The number of amides is 1. The van der Waals surface area contributed by atoms with Gasteiger partial charge in [-0.25, -0.2) is 0 Å². The maximum atomic E-state index is 11.5. The normalized spacial score (nSPS) is 10.4. The quantitative estimate of drug-likeness (QED) is 0.774. The van der Waals surface area contributed by atoms with Crippen molar-refractivity contribution in [2.45, 2.75) is 19.8 Å². The number of aromatic amines is 1. The lowest BCUT2D eigenvalue weighted by Crippen LogP contribution is -2.23. The molecule has 7 heteroatoms. The Morgan fingerprint density at radius 2 is 2.41 bits per heavy atom.